The number of fused-ring (bicyclic) bond motifs is 1. The largest absolute Gasteiger partial charge is 0.465 e. The van der Waals surface area contributed by atoms with E-state index in [4.69, 9.17) is 4.74 Å². The van der Waals surface area contributed by atoms with Crippen LogP contribution in [-0.4, -0.2) is 49.2 Å². The van der Waals surface area contributed by atoms with Crippen molar-refractivity contribution in [2.45, 2.75) is 38.3 Å². The number of carbonyl (C=O) groups is 1. The van der Waals surface area contributed by atoms with Gasteiger partial charge in [-0.2, -0.15) is 0 Å². The highest BCUT2D eigenvalue weighted by Crippen LogP contribution is 2.27. The summed E-state index contributed by atoms with van der Waals surface area (Å²) in [5, 5.41) is 3.32. The van der Waals surface area contributed by atoms with Gasteiger partial charge >= 0.3 is 5.97 Å². The van der Waals surface area contributed by atoms with Gasteiger partial charge in [0.2, 0.25) is 0 Å². The number of nitrogens with zero attached hydrogens (tertiary/aromatic N) is 1. The van der Waals surface area contributed by atoms with Gasteiger partial charge in [0.25, 0.3) is 0 Å². The van der Waals surface area contributed by atoms with Gasteiger partial charge in [-0.25, -0.2) is 0 Å². The van der Waals surface area contributed by atoms with Crippen molar-refractivity contribution in [3.8, 4) is 0 Å². The second kappa shape index (κ2) is 4.94. The molecule has 2 rings (SSSR count). The average molecular weight is 212 g/mol. The molecule has 2 aliphatic heterocycles. The van der Waals surface area contributed by atoms with Crippen molar-refractivity contribution in [3.05, 3.63) is 0 Å². The van der Waals surface area contributed by atoms with E-state index < -0.39 is 0 Å². The molecule has 0 saturated carbocycles. The Morgan fingerprint density at radius 3 is 3.13 bits per heavy atom. The van der Waals surface area contributed by atoms with Gasteiger partial charge in [-0.05, 0) is 32.7 Å². The van der Waals surface area contributed by atoms with Crippen molar-refractivity contribution in [3.63, 3.8) is 0 Å². The van der Waals surface area contributed by atoms with Crippen LogP contribution in [0.15, 0.2) is 0 Å². The van der Waals surface area contributed by atoms with Gasteiger partial charge in [0.1, 0.15) is 0 Å². The summed E-state index contributed by atoms with van der Waals surface area (Å²) in [4.78, 5) is 13.7. The predicted octanol–water partition coefficient (Wildman–Crippen LogP) is 0.376. The molecule has 0 aromatic carbocycles. The number of nitrogens with one attached hydrogen (secondary N) is 1. The summed E-state index contributed by atoms with van der Waals surface area (Å²) in [6.45, 7) is 5.10. The standard InChI is InChI=1S/C11H20N2O2/c1-2-15-11(14)8-12-9-5-7-13-6-3-4-10(9)13/h9-10,12H,2-8H2,1H3. The molecule has 2 saturated heterocycles. The second-order valence-corrected chi connectivity index (χ2v) is 4.33. The van der Waals surface area contributed by atoms with E-state index in [2.05, 4.69) is 10.2 Å². The van der Waals surface area contributed by atoms with Gasteiger partial charge in [-0.15, -0.1) is 0 Å². The first-order valence-electron chi connectivity index (χ1n) is 5.94. The number of hydrogen-bond donors (Lipinski definition) is 1. The third kappa shape index (κ3) is 2.49. The SMILES string of the molecule is CCOC(=O)CNC1CCN2CCCC12. The molecule has 0 bridgehead atoms. The van der Waals surface area contributed by atoms with E-state index in [0.717, 1.165) is 0 Å². The Labute approximate surface area is 91.0 Å². The molecule has 0 radical (unpaired) electrons. The third-order valence-electron chi connectivity index (χ3n) is 3.42. The fourth-order valence-corrected chi connectivity index (χ4v) is 2.75. The molecule has 2 aliphatic rings. The quantitative estimate of drug-likeness (QED) is 0.684. The van der Waals surface area contributed by atoms with E-state index >= 15 is 0 Å². The molecule has 4 heteroatoms. The molecular formula is C11H20N2O2. The summed E-state index contributed by atoms with van der Waals surface area (Å²) in [6.07, 6.45) is 3.76. The summed E-state index contributed by atoms with van der Waals surface area (Å²) in [6, 6.07) is 1.16. The fraction of sp³-hybridized carbons (Fsp3) is 0.909. The number of hydrogen-bond acceptors (Lipinski definition) is 4. The van der Waals surface area contributed by atoms with Crippen LogP contribution in [0.2, 0.25) is 0 Å². The number of rotatable bonds is 4. The van der Waals surface area contributed by atoms with Crippen molar-refractivity contribution in [1.82, 2.24) is 10.2 Å². The highest BCUT2D eigenvalue weighted by Gasteiger charge is 2.36. The summed E-state index contributed by atoms with van der Waals surface area (Å²) in [7, 11) is 0. The molecule has 86 valence electrons. The molecule has 0 aliphatic carbocycles. The van der Waals surface area contributed by atoms with Gasteiger partial charge in [-0.1, -0.05) is 0 Å². The fourth-order valence-electron chi connectivity index (χ4n) is 2.75. The molecule has 2 unspecified atom stereocenters. The molecule has 15 heavy (non-hydrogen) atoms. The van der Waals surface area contributed by atoms with E-state index in [1.807, 2.05) is 6.92 Å². The molecule has 0 aromatic heterocycles. The van der Waals surface area contributed by atoms with Gasteiger partial charge < -0.3 is 10.1 Å². The lowest BCUT2D eigenvalue weighted by atomic mass is 10.1. The van der Waals surface area contributed by atoms with Crippen LogP contribution < -0.4 is 5.32 Å². The Morgan fingerprint density at radius 1 is 1.47 bits per heavy atom. The Morgan fingerprint density at radius 2 is 2.33 bits per heavy atom. The van der Waals surface area contributed by atoms with Crippen LogP contribution in [0.4, 0.5) is 0 Å². The van der Waals surface area contributed by atoms with Crippen LogP contribution in [0.25, 0.3) is 0 Å². The van der Waals surface area contributed by atoms with Gasteiger partial charge in [0.05, 0.1) is 13.2 Å². The number of esters is 1. The molecule has 0 spiro atoms. The van der Waals surface area contributed by atoms with Crippen molar-refractivity contribution in [2.75, 3.05) is 26.2 Å². The zero-order valence-electron chi connectivity index (χ0n) is 9.37. The maximum absolute atomic E-state index is 11.2. The van der Waals surface area contributed by atoms with Crippen molar-refractivity contribution < 1.29 is 9.53 Å². The predicted molar refractivity (Wildman–Crippen MR) is 57.6 cm³/mol. The number of ether oxygens (including phenoxy) is 1. The third-order valence-corrected chi connectivity index (χ3v) is 3.42. The minimum Gasteiger partial charge on any atom is -0.465 e. The van der Waals surface area contributed by atoms with E-state index in [-0.39, 0.29) is 5.97 Å². The van der Waals surface area contributed by atoms with Crippen LogP contribution in [0.5, 0.6) is 0 Å². The lowest BCUT2D eigenvalue weighted by molar-refractivity contribution is -0.142. The monoisotopic (exact) mass is 212 g/mol. The lowest BCUT2D eigenvalue weighted by Crippen LogP contribution is -2.41. The van der Waals surface area contributed by atoms with Gasteiger partial charge in [-0.3, -0.25) is 9.69 Å². The normalized spacial score (nSPS) is 30.5. The van der Waals surface area contributed by atoms with Crippen LogP contribution in [0.1, 0.15) is 26.2 Å². The smallest absolute Gasteiger partial charge is 0.319 e. The van der Waals surface area contributed by atoms with Crippen molar-refractivity contribution >= 4 is 5.97 Å². The van der Waals surface area contributed by atoms with Gasteiger partial charge in [0, 0.05) is 18.6 Å². The van der Waals surface area contributed by atoms with Crippen molar-refractivity contribution in [2.24, 2.45) is 0 Å². The highest BCUT2D eigenvalue weighted by atomic mass is 16.5. The van der Waals surface area contributed by atoms with E-state index in [1.54, 1.807) is 0 Å². The Bertz CT molecular complexity index is 233. The number of carbonyl (C=O) groups excluding carboxylic acids is 1. The first-order valence-corrected chi connectivity index (χ1v) is 5.94. The van der Waals surface area contributed by atoms with Crippen LogP contribution in [-0.2, 0) is 9.53 Å². The van der Waals surface area contributed by atoms with E-state index in [0.29, 0.717) is 25.2 Å². The summed E-state index contributed by atoms with van der Waals surface area (Å²) >= 11 is 0. The van der Waals surface area contributed by atoms with Crippen LogP contribution in [0.3, 0.4) is 0 Å². The van der Waals surface area contributed by atoms with Crippen LogP contribution >= 0.6 is 0 Å². The molecular weight excluding hydrogens is 192 g/mol. The Balaban J connectivity index is 1.73. The zero-order chi connectivity index (χ0) is 10.7. The topological polar surface area (TPSA) is 41.6 Å². The molecule has 2 heterocycles. The van der Waals surface area contributed by atoms with Crippen molar-refractivity contribution in [1.29, 1.82) is 0 Å². The second-order valence-electron chi connectivity index (χ2n) is 4.33. The Hall–Kier alpha value is -0.610. The van der Waals surface area contributed by atoms with Crippen LogP contribution in [0, 0.1) is 0 Å². The zero-order valence-corrected chi connectivity index (χ0v) is 9.37. The summed E-state index contributed by atoms with van der Waals surface area (Å²) < 4.78 is 4.90. The summed E-state index contributed by atoms with van der Waals surface area (Å²) in [5.74, 6) is -0.131. The molecule has 1 N–H and O–H groups in total. The molecule has 4 nitrogen and oxygen atoms in total. The summed E-state index contributed by atoms with van der Waals surface area (Å²) in [5.41, 5.74) is 0. The maximum atomic E-state index is 11.2. The minimum atomic E-state index is -0.131. The van der Waals surface area contributed by atoms with Gasteiger partial charge in [0.15, 0.2) is 0 Å². The first kappa shape index (κ1) is 10.9. The molecule has 2 atom stereocenters. The molecule has 0 amide bonds. The first-order chi connectivity index (χ1) is 7.31. The van der Waals surface area contributed by atoms with E-state index in [9.17, 15) is 4.79 Å². The lowest BCUT2D eigenvalue weighted by Gasteiger charge is -2.20. The Kier molecular flexibility index (Phi) is 3.59. The maximum Gasteiger partial charge on any atom is 0.319 e. The molecule has 2 fully saturated rings. The minimum absolute atomic E-state index is 0.131. The molecule has 0 aromatic rings. The van der Waals surface area contributed by atoms with E-state index in [1.165, 1.54) is 32.4 Å². The average Bonchev–Trinajstić information content (AvgIpc) is 2.77. The highest BCUT2D eigenvalue weighted by molar-refractivity contribution is 5.71.